The van der Waals surface area contributed by atoms with Crippen LogP contribution in [0.5, 0.6) is 0 Å². The van der Waals surface area contributed by atoms with Gasteiger partial charge in [0.15, 0.2) is 0 Å². The molecule has 0 aliphatic carbocycles. The highest BCUT2D eigenvalue weighted by Gasteiger charge is 2.39. The predicted octanol–water partition coefficient (Wildman–Crippen LogP) is 0.459. The molecule has 7 nitrogen and oxygen atoms in total. The van der Waals surface area contributed by atoms with Crippen molar-refractivity contribution in [1.82, 2.24) is 15.1 Å². The molecule has 2 unspecified atom stereocenters. The minimum Gasteiger partial charge on any atom is -0.481 e. The van der Waals surface area contributed by atoms with Gasteiger partial charge in [0.1, 0.15) is 5.92 Å². The third-order valence-electron chi connectivity index (χ3n) is 3.68. The monoisotopic (exact) mass is 301 g/mol. The summed E-state index contributed by atoms with van der Waals surface area (Å²) in [6, 6.07) is -0.585. The summed E-state index contributed by atoms with van der Waals surface area (Å²) in [7, 11) is 4.03. The van der Waals surface area contributed by atoms with E-state index in [9.17, 15) is 9.59 Å². The Balaban J connectivity index is 2.40. The first-order valence-electron chi connectivity index (χ1n) is 7.47. The van der Waals surface area contributed by atoms with E-state index in [0.717, 1.165) is 19.4 Å². The second kappa shape index (κ2) is 8.84. The maximum absolute atomic E-state index is 12.2. The molecule has 2 atom stereocenters. The van der Waals surface area contributed by atoms with Crippen molar-refractivity contribution in [3.8, 4) is 0 Å². The van der Waals surface area contributed by atoms with Gasteiger partial charge in [-0.25, -0.2) is 4.79 Å². The number of carboxylic acid groups (broad SMARTS) is 1. The van der Waals surface area contributed by atoms with Crippen LogP contribution in [0.4, 0.5) is 4.79 Å². The molecular formula is C14H27N3O4. The summed E-state index contributed by atoms with van der Waals surface area (Å²) in [5, 5.41) is 12.0. The number of urea groups is 1. The molecule has 0 radical (unpaired) electrons. The Hall–Kier alpha value is -1.34. The lowest BCUT2D eigenvalue weighted by Crippen LogP contribution is -2.50. The molecule has 0 aromatic carbocycles. The van der Waals surface area contributed by atoms with Crippen LogP contribution >= 0.6 is 0 Å². The lowest BCUT2D eigenvalue weighted by molar-refractivity contribution is -0.142. The van der Waals surface area contributed by atoms with Gasteiger partial charge in [-0.3, -0.25) is 4.79 Å². The molecule has 1 aliphatic heterocycles. The zero-order valence-electron chi connectivity index (χ0n) is 13.2. The van der Waals surface area contributed by atoms with Crippen molar-refractivity contribution in [1.29, 1.82) is 0 Å². The topological polar surface area (TPSA) is 82.1 Å². The van der Waals surface area contributed by atoms with Crippen LogP contribution in [0.15, 0.2) is 0 Å². The summed E-state index contributed by atoms with van der Waals surface area (Å²) in [4.78, 5) is 27.0. The van der Waals surface area contributed by atoms with E-state index in [1.165, 1.54) is 0 Å². The van der Waals surface area contributed by atoms with Crippen molar-refractivity contribution in [2.75, 3.05) is 46.9 Å². The molecule has 0 aromatic rings. The van der Waals surface area contributed by atoms with Crippen molar-refractivity contribution in [3.05, 3.63) is 0 Å². The minimum atomic E-state index is -0.908. The van der Waals surface area contributed by atoms with Crippen LogP contribution in [0.3, 0.4) is 0 Å². The van der Waals surface area contributed by atoms with E-state index in [-0.39, 0.29) is 18.7 Å². The number of hydrogen-bond acceptors (Lipinski definition) is 4. The fourth-order valence-corrected chi connectivity index (χ4v) is 2.46. The summed E-state index contributed by atoms with van der Waals surface area (Å²) in [5.74, 6) is -1.54. The van der Waals surface area contributed by atoms with Gasteiger partial charge in [-0.05, 0) is 40.4 Å². The number of amides is 2. The average molecular weight is 301 g/mol. The van der Waals surface area contributed by atoms with E-state index in [4.69, 9.17) is 9.84 Å². The molecule has 0 aromatic heterocycles. The van der Waals surface area contributed by atoms with Crippen LogP contribution in [0, 0.1) is 5.92 Å². The predicted molar refractivity (Wildman–Crippen MR) is 79.3 cm³/mol. The van der Waals surface area contributed by atoms with Gasteiger partial charge in [-0.15, -0.1) is 0 Å². The minimum absolute atomic E-state index is 0.173. The van der Waals surface area contributed by atoms with E-state index < -0.39 is 11.9 Å². The van der Waals surface area contributed by atoms with Gasteiger partial charge in [0.2, 0.25) is 0 Å². The van der Waals surface area contributed by atoms with Gasteiger partial charge in [0.05, 0.1) is 19.3 Å². The highest BCUT2D eigenvalue weighted by molar-refractivity contribution is 5.77. The number of carboxylic acids is 1. The Morgan fingerprint density at radius 1 is 1.29 bits per heavy atom. The normalized spacial score (nSPS) is 21.5. The first kappa shape index (κ1) is 17.7. The smallest absolute Gasteiger partial charge is 0.317 e. The van der Waals surface area contributed by atoms with E-state index in [0.29, 0.717) is 19.7 Å². The highest BCUT2D eigenvalue weighted by atomic mass is 16.5. The van der Waals surface area contributed by atoms with Crippen LogP contribution < -0.4 is 5.32 Å². The number of carbonyl (C=O) groups is 2. The van der Waals surface area contributed by atoms with Crippen molar-refractivity contribution < 1.29 is 19.4 Å². The molecule has 1 heterocycles. The number of rotatable bonds is 8. The van der Waals surface area contributed by atoms with Crippen molar-refractivity contribution in [2.24, 2.45) is 5.92 Å². The SMILES string of the molecule is CCN(C(=O)NCCCCN(C)C)C1COCC1C(=O)O. The standard InChI is InChI=1S/C14H27N3O4/c1-4-17(12-10-21-9-11(12)13(18)19)14(20)15-7-5-6-8-16(2)3/h11-12H,4-10H2,1-3H3,(H,15,20)(H,18,19). The Bertz CT molecular complexity index is 349. The lowest BCUT2D eigenvalue weighted by atomic mass is 10.0. The van der Waals surface area contributed by atoms with Crippen molar-refractivity contribution in [3.63, 3.8) is 0 Å². The van der Waals surface area contributed by atoms with Crippen LogP contribution in [-0.4, -0.2) is 79.9 Å². The van der Waals surface area contributed by atoms with Crippen LogP contribution in [0.1, 0.15) is 19.8 Å². The molecule has 0 saturated carbocycles. The van der Waals surface area contributed by atoms with Crippen LogP contribution in [0.2, 0.25) is 0 Å². The number of nitrogens with one attached hydrogen (secondary N) is 1. The van der Waals surface area contributed by atoms with Gasteiger partial charge in [0, 0.05) is 13.1 Å². The quantitative estimate of drug-likeness (QED) is 0.637. The number of carbonyl (C=O) groups excluding carboxylic acids is 1. The molecule has 1 aliphatic rings. The molecule has 21 heavy (non-hydrogen) atoms. The largest absolute Gasteiger partial charge is 0.481 e. The summed E-state index contributed by atoms with van der Waals surface area (Å²) in [6.45, 7) is 4.38. The van der Waals surface area contributed by atoms with Crippen LogP contribution in [0.25, 0.3) is 0 Å². The molecule has 1 fully saturated rings. The first-order valence-corrected chi connectivity index (χ1v) is 7.47. The molecule has 0 bridgehead atoms. The molecule has 7 heteroatoms. The summed E-state index contributed by atoms with van der Waals surface area (Å²) in [6.07, 6.45) is 1.93. The van der Waals surface area contributed by atoms with E-state index in [1.54, 1.807) is 4.90 Å². The molecule has 1 rings (SSSR count). The van der Waals surface area contributed by atoms with Gasteiger partial charge < -0.3 is 25.0 Å². The van der Waals surface area contributed by atoms with E-state index in [2.05, 4.69) is 10.2 Å². The maximum Gasteiger partial charge on any atom is 0.317 e. The zero-order valence-corrected chi connectivity index (χ0v) is 13.2. The number of hydrogen-bond donors (Lipinski definition) is 2. The lowest BCUT2D eigenvalue weighted by Gasteiger charge is -2.29. The maximum atomic E-state index is 12.2. The molecule has 2 N–H and O–H groups in total. The van der Waals surface area contributed by atoms with Gasteiger partial charge >= 0.3 is 12.0 Å². The molecule has 122 valence electrons. The molecule has 2 amide bonds. The van der Waals surface area contributed by atoms with E-state index in [1.807, 2.05) is 21.0 Å². The second-order valence-electron chi connectivity index (χ2n) is 5.58. The fraction of sp³-hybridized carbons (Fsp3) is 0.857. The Labute approximate surface area is 126 Å². The van der Waals surface area contributed by atoms with Gasteiger partial charge in [-0.2, -0.15) is 0 Å². The van der Waals surface area contributed by atoms with Gasteiger partial charge in [-0.1, -0.05) is 0 Å². The summed E-state index contributed by atoms with van der Waals surface area (Å²) < 4.78 is 5.23. The number of ether oxygens (including phenoxy) is 1. The molecular weight excluding hydrogens is 274 g/mol. The third kappa shape index (κ3) is 5.51. The fourth-order valence-electron chi connectivity index (χ4n) is 2.46. The summed E-state index contributed by atoms with van der Waals surface area (Å²) >= 11 is 0. The number of likely N-dealkylation sites (N-methyl/N-ethyl adjacent to an activating group) is 1. The first-order chi connectivity index (χ1) is 9.97. The van der Waals surface area contributed by atoms with Crippen molar-refractivity contribution >= 4 is 12.0 Å². The second-order valence-corrected chi connectivity index (χ2v) is 5.58. The number of aliphatic carboxylic acids is 1. The third-order valence-corrected chi connectivity index (χ3v) is 3.68. The Morgan fingerprint density at radius 2 is 2.00 bits per heavy atom. The zero-order chi connectivity index (χ0) is 15.8. The number of unbranched alkanes of at least 4 members (excludes halogenated alkanes) is 1. The Morgan fingerprint density at radius 3 is 2.57 bits per heavy atom. The molecule has 0 spiro atoms. The van der Waals surface area contributed by atoms with Crippen molar-refractivity contribution in [2.45, 2.75) is 25.8 Å². The summed E-state index contributed by atoms with van der Waals surface area (Å²) in [5.41, 5.74) is 0. The number of nitrogens with zero attached hydrogens (tertiary/aromatic N) is 2. The average Bonchev–Trinajstić information content (AvgIpc) is 2.88. The Kier molecular flexibility index (Phi) is 7.45. The van der Waals surface area contributed by atoms with Gasteiger partial charge in [0.25, 0.3) is 0 Å². The molecule has 1 saturated heterocycles. The van der Waals surface area contributed by atoms with E-state index >= 15 is 0 Å². The highest BCUT2D eigenvalue weighted by Crippen LogP contribution is 2.20. The van der Waals surface area contributed by atoms with Crippen LogP contribution in [-0.2, 0) is 9.53 Å².